The Morgan fingerprint density at radius 2 is 1.95 bits per heavy atom. The fraction of sp³-hybridized carbons (Fsp3) is 0.600. The van der Waals surface area contributed by atoms with Gasteiger partial charge in [-0.25, -0.2) is 8.42 Å². The molecule has 0 spiro atoms. The topological polar surface area (TPSA) is 76.1 Å². The molecule has 0 aromatic heterocycles. The van der Waals surface area contributed by atoms with Crippen molar-refractivity contribution in [2.45, 2.75) is 30.8 Å². The number of rotatable bonds is 2. The molecule has 2 heterocycles. The van der Waals surface area contributed by atoms with E-state index in [-0.39, 0.29) is 17.4 Å². The Hall–Kier alpha value is -1.31. The summed E-state index contributed by atoms with van der Waals surface area (Å²) in [4.78, 5) is 0.168. The van der Waals surface area contributed by atoms with Gasteiger partial charge >= 0.3 is 0 Å². The summed E-state index contributed by atoms with van der Waals surface area (Å²) in [7, 11) is -3.65. The second-order valence-corrected chi connectivity index (χ2v) is 8.15. The Balaban J connectivity index is 1.92. The smallest absolute Gasteiger partial charge is 0.243 e. The molecule has 0 amide bonds. The zero-order valence-corrected chi connectivity index (χ0v) is 13.6. The van der Waals surface area contributed by atoms with Crippen molar-refractivity contribution in [3.8, 4) is 11.5 Å². The van der Waals surface area contributed by atoms with Crippen LogP contribution in [0.3, 0.4) is 0 Å². The van der Waals surface area contributed by atoms with Crippen LogP contribution in [-0.2, 0) is 10.0 Å². The molecular weight excluding hydrogens is 306 g/mol. The van der Waals surface area contributed by atoms with Crippen LogP contribution < -0.4 is 9.47 Å². The van der Waals surface area contributed by atoms with Crippen molar-refractivity contribution in [2.75, 3.05) is 26.3 Å². The van der Waals surface area contributed by atoms with E-state index in [9.17, 15) is 13.5 Å². The minimum atomic E-state index is -3.65. The second-order valence-electron chi connectivity index (χ2n) is 6.21. The molecule has 1 N–H and O–H groups in total. The molecule has 2 atom stereocenters. The summed E-state index contributed by atoms with van der Waals surface area (Å²) in [5.74, 6) is 0.915. The van der Waals surface area contributed by atoms with Gasteiger partial charge in [0.05, 0.1) is 23.7 Å². The normalized spacial score (nSPS) is 29.3. The lowest BCUT2D eigenvalue weighted by Crippen LogP contribution is -2.35. The van der Waals surface area contributed by atoms with Crippen LogP contribution in [0.25, 0.3) is 0 Å². The van der Waals surface area contributed by atoms with Gasteiger partial charge in [0.2, 0.25) is 10.0 Å². The van der Waals surface area contributed by atoms with Crippen LogP contribution in [0.5, 0.6) is 11.5 Å². The molecule has 2 aliphatic rings. The van der Waals surface area contributed by atoms with E-state index in [4.69, 9.17) is 9.47 Å². The van der Waals surface area contributed by atoms with Crippen molar-refractivity contribution in [3.63, 3.8) is 0 Å². The summed E-state index contributed by atoms with van der Waals surface area (Å²) in [5, 5.41) is 10.2. The van der Waals surface area contributed by atoms with Crippen LogP contribution in [0, 0.1) is 5.92 Å². The third kappa shape index (κ3) is 2.68. The Morgan fingerprint density at radius 1 is 1.27 bits per heavy atom. The lowest BCUT2D eigenvalue weighted by Gasteiger charge is -2.21. The van der Waals surface area contributed by atoms with E-state index in [2.05, 4.69) is 0 Å². The third-order valence-corrected chi connectivity index (χ3v) is 6.20. The summed E-state index contributed by atoms with van der Waals surface area (Å²) in [6.45, 7) is 5.00. The first-order chi connectivity index (χ1) is 10.3. The fourth-order valence-electron chi connectivity index (χ4n) is 2.72. The lowest BCUT2D eigenvalue weighted by molar-refractivity contribution is 0.0404. The number of nitrogens with zero attached hydrogens (tertiary/aromatic N) is 1. The molecule has 122 valence electrons. The van der Waals surface area contributed by atoms with Crippen molar-refractivity contribution in [2.24, 2.45) is 5.92 Å². The Labute approximate surface area is 130 Å². The molecule has 1 aromatic rings. The van der Waals surface area contributed by atoms with Crippen molar-refractivity contribution in [3.05, 3.63) is 18.2 Å². The quantitative estimate of drug-likeness (QED) is 0.884. The predicted octanol–water partition coefficient (Wildman–Crippen LogP) is 1.24. The molecule has 0 aliphatic carbocycles. The highest BCUT2D eigenvalue weighted by atomic mass is 32.2. The van der Waals surface area contributed by atoms with Gasteiger partial charge in [-0.05, 0) is 25.0 Å². The standard InChI is InChI=1S/C15H21NO5S/c1-11-9-16(10-15(11,2)17)22(18,19)12-4-5-13-14(8-12)21-7-3-6-20-13/h4-5,8,11,17H,3,6-7,9-10H2,1-2H3/t11-,15+/m1/s1. The van der Waals surface area contributed by atoms with Crippen molar-refractivity contribution >= 4 is 10.0 Å². The number of benzene rings is 1. The van der Waals surface area contributed by atoms with Crippen molar-refractivity contribution < 1.29 is 23.0 Å². The summed E-state index contributed by atoms with van der Waals surface area (Å²) >= 11 is 0. The lowest BCUT2D eigenvalue weighted by atomic mass is 9.95. The molecule has 1 aromatic carbocycles. The number of sulfonamides is 1. The predicted molar refractivity (Wildman–Crippen MR) is 80.6 cm³/mol. The molecule has 6 nitrogen and oxygen atoms in total. The summed E-state index contributed by atoms with van der Waals surface area (Å²) in [5.41, 5.74) is -1.00. The number of fused-ring (bicyclic) bond motifs is 1. The minimum absolute atomic E-state index is 0.102. The largest absolute Gasteiger partial charge is 0.490 e. The number of hydrogen-bond acceptors (Lipinski definition) is 5. The van der Waals surface area contributed by atoms with E-state index < -0.39 is 15.6 Å². The van der Waals surface area contributed by atoms with E-state index in [1.165, 1.54) is 16.4 Å². The molecule has 1 saturated heterocycles. The van der Waals surface area contributed by atoms with Gasteiger partial charge in [0.1, 0.15) is 0 Å². The third-order valence-electron chi connectivity index (χ3n) is 4.39. The molecular formula is C15H21NO5S. The second kappa shape index (κ2) is 5.40. The average Bonchev–Trinajstić information content (AvgIpc) is 2.66. The monoisotopic (exact) mass is 327 g/mol. The van der Waals surface area contributed by atoms with Crippen LogP contribution >= 0.6 is 0 Å². The van der Waals surface area contributed by atoms with E-state index >= 15 is 0 Å². The number of hydrogen-bond donors (Lipinski definition) is 1. The van der Waals surface area contributed by atoms with Crippen LogP contribution in [-0.4, -0.2) is 49.7 Å². The maximum absolute atomic E-state index is 12.8. The van der Waals surface area contributed by atoms with Gasteiger partial charge in [-0.15, -0.1) is 0 Å². The SMILES string of the molecule is C[C@@H]1CN(S(=O)(=O)c2ccc3c(c2)OCCCO3)C[C@]1(C)O. The number of β-amino-alcohol motifs (C(OH)–C–C–N with tert-alkyl or cyclic N) is 1. The minimum Gasteiger partial charge on any atom is -0.490 e. The maximum atomic E-state index is 12.8. The van der Waals surface area contributed by atoms with E-state index in [1.807, 2.05) is 6.92 Å². The first-order valence-corrected chi connectivity index (χ1v) is 8.87. The maximum Gasteiger partial charge on any atom is 0.243 e. The first kappa shape index (κ1) is 15.6. The Morgan fingerprint density at radius 3 is 2.59 bits per heavy atom. The molecule has 7 heteroatoms. The summed E-state index contributed by atoms with van der Waals surface area (Å²) < 4.78 is 37.9. The van der Waals surface area contributed by atoms with E-state index in [1.54, 1.807) is 13.0 Å². The Bertz CT molecular complexity index is 671. The van der Waals surface area contributed by atoms with E-state index in [0.29, 0.717) is 31.3 Å². The van der Waals surface area contributed by atoms with Gasteiger partial charge in [0, 0.05) is 25.6 Å². The molecule has 1 fully saturated rings. The molecule has 22 heavy (non-hydrogen) atoms. The zero-order chi connectivity index (χ0) is 16.0. The first-order valence-electron chi connectivity index (χ1n) is 7.43. The fourth-order valence-corrected chi connectivity index (χ4v) is 4.36. The highest BCUT2D eigenvalue weighted by Crippen LogP contribution is 2.35. The van der Waals surface area contributed by atoms with Gasteiger partial charge in [-0.3, -0.25) is 0 Å². The molecule has 2 aliphatic heterocycles. The highest BCUT2D eigenvalue weighted by Gasteiger charge is 2.44. The molecule has 0 bridgehead atoms. The average molecular weight is 327 g/mol. The number of aliphatic hydroxyl groups is 1. The van der Waals surface area contributed by atoms with Crippen LogP contribution in [0.4, 0.5) is 0 Å². The molecule has 0 unspecified atom stereocenters. The summed E-state index contributed by atoms with van der Waals surface area (Å²) in [6, 6.07) is 4.67. The van der Waals surface area contributed by atoms with Gasteiger partial charge < -0.3 is 14.6 Å². The van der Waals surface area contributed by atoms with Crippen LogP contribution in [0.2, 0.25) is 0 Å². The van der Waals surface area contributed by atoms with Gasteiger partial charge in [-0.1, -0.05) is 6.92 Å². The Kier molecular flexibility index (Phi) is 3.82. The molecule has 3 rings (SSSR count). The molecule has 0 saturated carbocycles. The van der Waals surface area contributed by atoms with Crippen LogP contribution in [0.1, 0.15) is 20.3 Å². The van der Waals surface area contributed by atoms with Gasteiger partial charge in [0.25, 0.3) is 0 Å². The van der Waals surface area contributed by atoms with Gasteiger partial charge in [-0.2, -0.15) is 4.31 Å². The van der Waals surface area contributed by atoms with E-state index in [0.717, 1.165) is 6.42 Å². The zero-order valence-electron chi connectivity index (χ0n) is 12.8. The van der Waals surface area contributed by atoms with Crippen molar-refractivity contribution in [1.29, 1.82) is 0 Å². The van der Waals surface area contributed by atoms with Crippen molar-refractivity contribution in [1.82, 2.24) is 4.31 Å². The highest BCUT2D eigenvalue weighted by molar-refractivity contribution is 7.89. The van der Waals surface area contributed by atoms with Crippen LogP contribution in [0.15, 0.2) is 23.1 Å². The molecule has 0 radical (unpaired) electrons. The summed E-state index contributed by atoms with van der Waals surface area (Å²) in [6.07, 6.45) is 0.767. The number of ether oxygens (including phenoxy) is 2. The van der Waals surface area contributed by atoms with Gasteiger partial charge in [0.15, 0.2) is 11.5 Å².